The second kappa shape index (κ2) is 8.99. The number of halogens is 1. The van der Waals surface area contributed by atoms with Crippen molar-refractivity contribution in [2.24, 2.45) is 0 Å². The fourth-order valence-electron chi connectivity index (χ4n) is 3.62. The van der Waals surface area contributed by atoms with Crippen LogP contribution in [0, 0.1) is 5.82 Å². The van der Waals surface area contributed by atoms with Crippen LogP contribution in [0.3, 0.4) is 0 Å². The van der Waals surface area contributed by atoms with Crippen LogP contribution >= 0.6 is 0 Å². The van der Waals surface area contributed by atoms with Gasteiger partial charge in [-0.2, -0.15) is 5.10 Å². The molecular weight excluding hydrogens is 435 g/mol. The Bertz CT molecular complexity index is 1540. The van der Waals surface area contributed by atoms with Gasteiger partial charge in [-0.15, -0.1) is 0 Å². The highest BCUT2D eigenvalue weighted by Crippen LogP contribution is 2.20. The number of hydrogen-bond donors (Lipinski definition) is 2. The first-order valence-electron chi connectivity index (χ1n) is 10.5. The van der Waals surface area contributed by atoms with Crippen molar-refractivity contribution in [3.8, 4) is 5.82 Å². The highest BCUT2D eigenvalue weighted by atomic mass is 19.1. The van der Waals surface area contributed by atoms with Crippen LogP contribution in [0.5, 0.6) is 0 Å². The molecule has 0 aliphatic rings. The van der Waals surface area contributed by atoms with Crippen molar-refractivity contribution in [2.75, 3.05) is 10.6 Å². The summed E-state index contributed by atoms with van der Waals surface area (Å²) in [6.45, 7) is 0.192. The van der Waals surface area contributed by atoms with Crippen LogP contribution in [0.1, 0.15) is 5.56 Å². The quantitative estimate of drug-likeness (QED) is 0.411. The minimum absolute atomic E-state index is 0.192. The number of nitrogens with one attached hydrogen (secondary N) is 2. The van der Waals surface area contributed by atoms with Crippen molar-refractivity contribution >= 4 is 28.4 Å². The Morgan fingerprint density at radius 1 is 0.941 bits per heavy atom. The van der Waals surface area contributed by atoms with Crippen LogP contribution in [-0.2, 0) is 6.54 Å². The number of carbonyl (C=O) groups excluding carboxylic acids is 1. The lowest BCUT2D eigenvalue weighted by atomic mass is 10.2. The summed E-state index contributed by atoms with van der Waals surface area (Å²) in [4.78, 5) is 28.8. The van der Waals surface area contributed by atoms with Gasteiger partial charge < -0.3 is 5.32 Å². The van der Waals surface area contributed by atoms with E-state index in [1.54, 1.807) is 65.5 Å². The molecule has 168 valence electrons. The zero-order valence-corrected chi connectivity index (χ0v) is 17.9. The monoisotopic (exact) mass is 454 g/mol. The Hall–Kier alpha value is -4.79. The number of hydrogen-bond acceptors (Lipinski definition) is 4. The van der Waals surface area contributed by atoms with Crippen LogP contribution in [0.4, 0.5) is 20.7 Å². The first-order chi connectivity index (χ1) is 16.5. The summed E-state index contributed by atoms with van der Waals surface area (Å²) < 4.78 is 16.8. The number of nitrogens with zero attached hydrogens (tertiary/aromatic N) is 4. The maximum Gasteiger partial charge on any atom is 0.324 e. The van der Waals surface area contributed by atoms with Gasteiger partial charge in [0, 0.05) is 29.5 Å². The van der Waals surface area contributed by atoms with Crippen LogP contribution in [-0.4, -0.2) is 25.4 Å². The predicted molar refractivity (Wildman–Crippen MR) is 128 cm³/mol. The first kappa shape index (κ1) is 21.1. The van der Waals surface area contributed by atoms with E-state index in [0.717, 1.165) is 10.9 Å². The van der Waals surface area contributed by atoms with E-state index in [4.69, 9.17) is 0 Å². The molecular formula is C25H19FN6O2. The number of urea groups is 1. The highest BCUT2D eigenvalue weighted by Gasteiger charge is 2.09. The van der Waals surface area contributed by atoms with Crippen LogP contribution < -0.4 is 16.2 Å². The lowest BCUT2D eigenvalue weighted by Gasteiger charge is -2.11. The van der Waals surface area contributed by atoms with Crippen LogP contribution in [0.25, 0.3) is 16.7 Å². The topological polar surface area (TPSA) is 93.8 Å². The number of carbonyl (C=O) groups is 1. The summed E-state index contributed by atoms with van der Waals surface area (Å²) in [6, 6.07) is 21.3. The Balaban J connectivity index is 1.37. The second-order valence-corrected chi connectivity index (χ2v) is 7.57. The standard InChI is InChI=1S/C25H19FN6O2/c26-19-8-7-18-11-13-31(21(18)15-19)23-9-10-24(33)32(30-23)16-17-4-3-5-20(14-17)28-25(34)29-22-6-1-2-12-27-22/h1-15H,16H2,(H2,27,28,29,34). The van der Waals surface area contributed by atoms with E-state index < -0.39 is 6.03 Å². The SMILES string of the molecule is O=C(Nc1cccc(Cn2nc(-n3ccc4ccc(F)cc43)ccc2=O)c1)Nc1ccccn1. The highest BCUT2D eigenvalue weighted by molar-refractivity contribution is 5.99. The Morgan fingerprint density at radius 3 is 2.71 bits per heavy atom. The number of aromatic nitrogens is 4. The van der Waals surface area contributed by atoms with Crippen LogP contribution in [0.15, 0.2) is 96.1 Å². The molecule has 5 aromatic rings. The van der Waals surface area contributed by atoms with Gasteiger partial charge in [0.15, 0.2) is 5.82 Å². The zero-order chi connectivity index (χ0) is 23.5. The van der Waals surface area contributed by atoms with Gasteiger partial charge in [0.05, 0.1) is 12.1 Å². The number of pyridine rings is 1. The van der Waals surface area contributed by atoms with Crippen molar-refractivity contribution in [1.29, 1.82) is 0 Å². The molecule has 0 spiro atoms. The van der Waals surface area contributed by atoms with E-state index in [1.807, 2.05) is 12.1 Å². The van der Waals surface area contributed by atoms with E-state index in [0.29, 0.717) is 22.8 Å². The van der Waals surface area contributed by atoms with Crippen LogP contribution in [0.2, 0.25) is 0 Å². The maximum atomic E-state index is 13.8. The van der Waals surface area contributed by atoms with Gasteiger partial charge in [0.2, 0.25) is 0 Å². The molecule has 0 aliphatic heterocycles. The maximum absolute atomic E-state index is 13.8. The number of rotatable bonds is 5. The Kier molecular flexibility index (Phi) is 5.57. The predicted octanol–water partition coefficient (Wildman–Crippen LogP) is 4.41. The van der Waals surface area contributed by atoms with Gasteiger partial charge in [-0.3, -0.25) is 14.7 Å². The smallest absolute Gasteiger partial charge is 0.308 e. The minimum Gasteiger partial charge on any atom is -0.308 e. The van der Waals surface area contributed by atoms with E-state index >= 15 is 0 Å². The molecule has 8 nitrogen and oxygen atoms in total. The van der Waals surface area contributed by atoms with Gasteiger partial charge in [0.25, 0.3) is 5.56 Å². The third-order valence-corrected chi connectivity index (χ3v) is 5.18. The third kappa shape index (κ3) is 4.53. The molecule has 3 aromatic heterocycles. The number of fused-ring (bicyclic) bond motifs is 1. The molecule has 34 heavy (non-hydrogen) atoms. The summed E-state index contributed by atoms with van der Waals surface area (Å²) in [5.41, 5.74) is 1.70. The fraction of sp³-hybridized carbons (Fsp3) is 0.0400. The van der Waals surface area contributed by atoms with E-state index in [2.05, 4.69) is 20.7 Å². The summed E-state index contributed by atoms with van der Waals surface area (Å²) in [7, 11) is 0. The molecule has 0 radical (unpaired) electrons. The molecule has 0 atom stereocenters. The average molecular weight is 454 g/mol. The lowest BCUT2D eigenvalue weighted by molar-refractivity contribution is 0.262. The first-order valence-corrected chi connectivity index (χ1v) is 10.5. The molecule has 2 aromatic carbocycles. The average Bonchev–Trinajstić information content (AvgIpc) is 3.24. The van der Waals surface area contributed by atoms with Crippen molar-refractivity contribution in [3.05, 3.63) is 113 Å². The molecule has 5 rings (SSSR count). The number of benzene rings is 2. The van der Waals surface area contributed by atoms with Gasteiger partial charge in [-0.05, 0) is 60.2 Å². The lowest BCUT2D eigenvalue weighted by Crippen LogP contribution is -2.24. The van der Waals surface area contributed by atoms with Crippen molar-refractivity contribution < 1.29 is 9.18 Å². The van der Waals surface area contributed by atoms with Crippen molar-refractivity contribution in [3.63, 3.8) is 0 Å². The van der Waals surface area contributed by atoms with E-state index in [9.17, 15) is 14.0 Å². The minimum atomic E-state index is -0.431. The molecule has 9 heteroatoms. The van der Waals surface area contributed by atoms with Gasteiger partial charge >= 0.3 is 6.03 Å². The molecule has 2 amide bonds. The third-order valence-electron chi connectivity index (χ3n) is 5.18. The number of amides is 2. The largest absolute Gasteiger partial charge is 0.324 e. The molecule has 2 N–H and O–H groups in total. The molecule has 0 unspecified atom stereocenters. The second-order valence-electron chi connectivity index (χ2n) is 7.57. The van der Waals surface area contributed by atoms with Gasteiger partial charge in [0.1, 0.15) is 11.6 Å². The van der Waals surface area contributed by atoms with Crippen molar-refractivity contribution in [2.45, 2.75) is 6.54 Å². The van der Waals surface area contributed by atoms with Gasteiger partial charge in [-0.25, -0.2) is 18.9 Å². The van der Waals surface area contributed by atoms with E-state index in [1.165, 1.54) is 22.9 Å². The molecule has 0 saturated heterocycles. The Morgan fingerprint density at radius 2 is 1.85 bits per heavy atom. The van der Waals surface area contributed by atoms with E-state index in [-0.39, 0.29) is 17.9 Å². The summed E-state index contributed by atoms with van der Waals surface area (Å²) in [5.74, 6) is 0.572. The number of anilines is 2. The normalized spacial score (nSPS) is 10.9. The summed E-state index contributed by atoms with van der Waals surface area (Å²) in [6.07, 6.45) is 3.37. The molecule has 3 heterocycles. The summed E-state index contributed by atoms with van der Waals surface area (Å²) in [5, 5.41) is 10.7. The Labute approximate surface area is 193 Å². The summed E-state index contributed by atoms with van der Waals surface area (Å²) >= 11 is 0. The molecule has 0 bridgehead atoms. The molecule has 0 aliphatic carbocycles. The molecule has 0 fully saturated rings. The van der Waals surface area contributed by atoms with Crippen molar-refractivity contribution in [1.82, 2.24) is 19.3 Å². The zero-order valence-electron chi connectivity index (χ0n) is 17.9. The van der Waals surface area contributed by atoms with Gasteiger partial charge in [-0.1, -0.05) is 18.2 Å². The fourth-order valence-corrected chi connectivity index (χ4v) is 3.62. The molecule has 0 saturated carbocycles.